The molecule has 1 aromatic rings. The number of carbonyl (C=O) groups excluding carboxylic acids is 1. The number of hydrogen-bond acceptors (Lipinski definition) is 3. The summed E-state index contributed by atoms with van der Waals surface area (Å²) in [7, 11) is 3.46. The van der Waals surface area contributed by atoms with Crippen molar-refractivity contribution in [3.05, 3.63) is 29.8 Å². The third-order valence-corrected chi connectivity index (χ3v) is 3.09. The summed E-state index contributed by atoms with van der Waals surface area (Å²) in [4.78, 5) is 13.7. The number of nitrogens with zero attached hydrogens (tertiary/aromatic N) is 1. The van der Waals surface area contributed by atoms with E-state index >= 15 is 0 Å². The summed E-state index contributed by atoms with van der Waals surface area (Å²) in [5.74, 6) is 0.892. The lowest BCUT2D eigenvalue weighted by Crippen LogP contribution is -2.37. The van der Waals surface area contributed by atoms with Gasteiger partial charge < -0.3 is 15.0 Å². The summed E-state index contributed by atoms with van der Waals surface area (Å²) in [6.45, 7) is 5.15. The number of likely N-dealkylation sites (N-methyl/N-ethyl adjacent to an activating group) is 2. The largest absolute Gasteiger partial charge is 0.496 e. The molecular weight excluding hydrogens is 228 g/mol. The Balaban J connectivity index is 2.79. The molecule has 0 aliphatic heterocycles. The van der Waals surface area contributed by atoms with E-state index < -0.39 is 0 Å². The highest BCUT2D eigenvalue weighted by Gasteiger charge is 2.19. The second-order valence-electron chi connectivity index (χ2n) is 4.20. The van der Waals surface area contributed by atoms with E-state index in [1.165, 1.54) is 0 Å². The summed E-state index contributed by atoms with van der Waals surface area (Å²) in [5, 5.41) is 3.04. The molecule has 0 fully saturated rings. The molecule has 1 rings (SSSR count). The molecular formula is C14H22N2O2. The maximum absolute atomic E-state index is 11.9. The van der Waals surface area contributed by atoms with E-state index in [1.807, 2.05) is 45.2 Å². The molecule has 1 amide bonds. The first kappa shape index (κ1) is 14.5. The van der Waals surface area contributed by atoms with Crippen molar-refractivity contribution in [1.82, 2.24) is 10.2 Å². The summed E-state index contributed by atoms with van der Waals surface area (Å²) < 4.78 is 5.32. The number of ether oxygens (including phenoxy) is 1. The van der Waals surface area contributed by atoms with Crippen LogP contribution in [-0.4, -0.2) is 38.1 Å². The van der Waals surface area contributed by atoms with Gasteiger partial charge in [0.25, 0.3) is 0 Å². The number of rotatable bonds is 6. The van der Waals surface area contributed by atoms with Gasteiger partial charge in [-0.1, -0.05) is 25.1 Å². The molecule has 0 heterocycles. The van der Waals surface area contributed by atoms with Crippen LogP contribution in [0.25, 0.3) is 0 Å². The number of methoxy groups -OCH3 is 1. The smallest absolute Gasteiger partial charge is 0.236 e. The Bertz CT molecular complexity index is 393. The second-order valence-corrected chi connectivity index (χ2v) is 4.20. The highest BCUT2D eigenvalue weighted by Crippen LogP contribution is 2.27. The predicted octanol–water partition coefficient (Wildman–Crippen LogP) is 1.82. The molecule has 1 unspecified atom stereocenters. The monoisotopic (exact) mass is 250 g/mol. The lowest BCUT2D eigenvalue weighted by atomic mass is 10.1. The number of carbonyl (C=O) groups is 1. The Morgan fingerprint density at radius 1 is 1.44 bits per heavy atom. The van der Waals surface area contributed by atoms with Gasteiger partial charge in [0.15, 0.2) is 0 Å². The zero-order valence-corrected chi connectivity index (χ0v) is 11.6. The van der Waals surface area contributed by atoms with Crippen LogP contribution in [0.2, 0.25) is 0 Å². The minimum atomic E-state index is -0.00712. The molecule has 0 aliphatic rings. The number of nitrogens with one attached hydrogen (secondary N) is 1. The Morgan fingerprint density at radius 3 is 2.72 bits per heavy atom. The van der Waals surface area contributed by atoms with Crippen LogP contribution in [0.4, 0.5) is 0 Å². The molecule has 4 heteroatoms. The van der Waals surface area contributed by atoms with Gasteiger partial charge in [-0.25, -0.2) is 0 Å². The molecule has 0 aliphatic carbocycles. The van der Waals surface area contributed by atoms with Gasteiger partial charge in [0.1, 0.15) is 5.75 Å². The van der Waals surface area contributed by atoms with Crippen molar-refractivity contribution < 1.29 is 9.53 Å². The quantitative estimate of drug-likeness (QED) is 0.837. The molecule has 0 bridgehead atoms. The van der Waals surface area contributed by atoms with Gasteiger partial charge in [-0.3, -0.25) is 4.79 Å². The third-order valence-electron chi connectivity index (χ3n) is 3.09. The Hall–Kier alpha value is -1.55. The first-order valence-electron chi connectivity index (χ1n) is 6.21. The molecule has 0 aromatic heterocycles. The summed E-state index contributed by atoms with van der Waals surface area (Å²) in [6.07, 6.45) is 0. The van der Waals surface area contributed by atoms with Gasteiger partial charge in [0, 0.05) is 12.6 Å². The number of hydrogen-bond donors (Lipinski definition) is 1. The van der Waals surface area contributed by atoms with Crippen LogP contribution in [0.1, 0.15) is 25.5 Å². The standard InChI is InChI=1S/C14H22N2O2/c1-5-15-10-14(17)16(3)11(2)12-8-6-7-9-13(12)18-4/h6-9,11,15H,5,10H2,1-4H3. The summed E-state index contributed by atoms with van der Waals surface area (Å²) in [5.41, 5.74) is 1.02. The van der Waals surface area contributed by atoms with Crippen molar-refractivity contribution in [2.75, 3.05) is 27.2 Å². The maximum atomic E-state index is 11.9. The van der Waals surface area contributed by atoms with Gasteiger partial charge >= 0.3 is 0 Å². The van der Waals surface area contributed by atoms with E-state index in [-0.39, 0.29) is 11.9 Å². The molecule has 4 nitrogen and oxygen atoms in total. The minimum absolute atomic E-state index is 0.00712. The Kier molecular flexibility index (Phi) is 5.65. The van der Waals surface area contributed by atoms with Gasteiger partial charge in [-0.15, -0.1) is 0 Å². The molecule has 1 N–H and O–H groups in total. The van der Waals surface area contributed by atoms with E-state index in [2.05, 4.69) is 5.32 Å². The Labute approximate surface area is 109 Å². The van der Waals surface area contributed by atoms with Crippen LogP contribution in [0.5, 0.6) is 5.75 Å². The number of amides is 1. The predicted molar refractivity (Wildman–Crippen MR) is 72.7 cm³/mol. The zero-order valence-electron chi connectivity index (χ0n) is 11.6. The first-order valence-corrected chi connectivity index (χ1v) is 6.21. The molecule has 1 aromatic carbocycles. The van der Waals surface area contributed by atoms with Gasteiger partial charge in [0.2, 0.25) is 5.91 Å². The van der Waals surface area contributed by atoms with Crippen molar-refractivity contribution in [3.8, 4) is 5.75 Å². The lowest BCUT2D eigenvalue weighted by Gasteiger charge is -2.26. The van der Waals surface area contributed by atoms with Crippen molar-refractivity contribution in [2.45, 2.75) is 19.9 Å². The second kappa shape index (κ2) is 7.01. The molecule has 100 valence electrons. The van der Waals surface area contributed by atoms with E-state index in [9.17, 15) is 4.79 Å². The van der Waals surface area contributed by atoms with Crippen LogP contribution >= 0.6 is 0 Å². The fraction of sp³-hybridized carbons (Fsp3) is 0.500. The minimum Gasteiger partial charge on any atom is -0.496 e. The summed E-state index contributed by atoms with van der Waals surface area (Å²) >= 11 is 0. The van der Waals surface area contributed by atoms with E-state index in [0.717, 1.165) is 17.9 Å². The fourth-order valence-electron chi connectivity index (χ4n) is 1.79. The maximum Gasteiger partial charge on any atom is 0.236 e. The topological polar surface area (TPSA) is 41.6 Å². The first-order chi connectivity index (χ1) is 8.61. The van der Waals surface area contributed by atoms with Gasteiger partial charge in [-0.05, 0) is 19.5 Å². The van der Waals surface area contributed by atoms with Crippen molar-refractivity contribution >= 4 is 5.91 Å². The van der Waals surface area contributed by atoms with Crippen molar-refractivity contribution in [2.24, 2.45) is 0 Å². The van der Waals surface area contributed by atoms with E-state index in [0.29, 0.717) is 6.54 Å². The van der Waals surface area contributed by atoms with Crippen LogP contribution < -0.4 is 10.1 Å². The van der Waals surface area contributed by atoms with Crippen LogP contribution in [0, 0.1) is 0 Å². The highest BCUT2D eigenvalue weighted by molar-refractivity contribution is 5.78. The third kappa shape index (κ3) is 3.47. The molecule has 0 saturated heterocycles. The van der Waals surface area contributed by atoms with Gasteiger partial charge in [-0.2, -0.15) is 0 Å². The zero-order chi connectivity index (χ0) is 13.5. The fourth-order valence-corrected chi connectivity index (χ4v) is 1.79. The average Bonchev–Trinajstić information content (AvgIpc) is 2.42. The van der Waals surface area contributed by atoms with Crippen molar-refractivity contribution in [1.29, 1.82) is 0 Å². The normalized spacial score (nSPS) is 12.0. The Morgan fingerprint density at radius 2 is 2.11 bits per heavy atom. The van der Waals surface area contributed by atoms with E-state index in [1.54, 1.807) is 12.0 Å². The van der Waals surface area contributed by atoms with E-state index in [4.69, 9.17) is 4.74 Å². The molecule has 0 saturated carbocycles. The molecule has 0 radical (unpaired) electrons. The SMILES string of the molecule is CCNCC(=O)N(C)C(C)c1ccccc1OC. The average molecular weight is 250 g/mol. The number of benzene rings is 1. The number of para-hydroxylation sites is 1. The molecule has 0 spiro atoms. The van der Waals surface area contributed by atoms with Gasteiger partial charge in [0.05, 0.1) is 19.7 Å². The highest BCUT2D eigenvalue weighted by atomic mass is 16.5. The van der Waals surface area contributed by atoms with Crippen LogP contribution in [-0.2, 0) is 4.79 Å². The van der Waals surface area contributed by atoms with Crippen LogP contribution in [0.3, 0.4) is 0 Å². The molecule has 1 atom stereocenters. The lowest BCUT2D eigenvalue weighted by molar-refractivity contribution is -0.130. The summed E-state index contributed by atoms with van der Waals surface area (Å²) in [6, 6.07) is 7.77. The molecule has 18 heavy (non-hydrogen) atoms. The van der Waals surface area contributed by atoms with Crippen LogP contribution in [0.15, 0.2) is 24.3 Å². The van der Waals surface area contributed by atoms with Crippen molar-refractivity contribution in [3.63, 3.8) is 0 Å².